The number of carbonyl (C=O) groups excluding carboxylic acids is 1. The van der Waals surface area contributed by atoms with Crippen LogP contribution in [0.5, 0.6) is 5.75 Å². The minimum atomic E-state index is -0.328. The number of anilines is 1. The van der Waals surface area contributed by atoms with E-state index in [4.69, 9.17) is 4.74 Å². The molecule has 24 heavy (non-hydrogen) atoms. The van der Waals surface area contributed by atoms with Crippen molar-refractivity contribution in [2.24, 2.45) is 0 Å². The van der Waals surface area contributed by atoms with Crippen molar-refractivity contribution in [3.63, 3.8) is 0 Å². The lowest BCUT2D eigenvalue weighted by Gasteiger charge is -2.25. The molecule has 0 aliphatic carbocycles. The molecule has 126 valence electrons. The first-order chi connectivity index (χ1) is 11.6. The molecular formula is C17H16BrFN2O2S. The fourth-order valence-corrected chi connectivity index (χ4v) is 4.32. The molecule has 4 nitrogen and oxygen atoms in total. The van der Waals surface area contributed by atoms with E-state index in [0.29, 0.717) is 12.2 Å². The van der Waals surface area contributed by atoms with E-state index in [9.17, 15) is 9.18 Å². The fourth-order valence-electron chi connectivity index (χ4n) is 2.52. The van der Waals surface area contributed by atoms with Crippen molar-refractivity contribution in [3.05, 3.63) is 58.3 Å². The van der Waals surface area contributed by atoms with Gasteiger partial charge in [0.05, 0.1) is 11.6 Å². The Morgan fingerprint density at radius 3 is 2.75 bits per heavy atom. The lowest BCUT2D eigenvalue weighted by Crippen LogP contribution is -2.34. The highest BCUT2D eigenvalue weighted by Crippen LogP contribution is 2.40. The van der Waals surface area contributed by atoms with E-state index in [-0.39, 0.29) is 17.2 Å². The number of urea groups is 1. The van der Waals surface area contributed by atoms with Crippen LogP contribution in [0.15, 0.2) is 46.9 Å². The Balaban J connectivity index is 1.76. The Kier molecular flexibility index (Phi) is 5.30. The number of hydrogen-bond acceptors (Lipinski definition) is 3. The molecule has 1 unspecified atom stereocenters. The molecule has 2 amide bonds. The number of thioether (sulfide) groups is 1. The van der Waals surface area contributed by atoms with E-state index < -0.39 is 0 Å². The van der Waals surface area contributed by atoms with Gasteiger partial charge in [0.25, 0.3) is 0 Å². The smallest absolute Gasteiger partial charge is 0.323 e. The van der Waals surface area contributed by atoms with Gasteiger partial charge in [0.2, 0.25) is 0 Å². The van der Waals surface area contributed by atoms with Crippen molar-refractivity contribution < 1.29 is 13.9 Å². The number of ether oxygens (including phenoxy) is 1. The van der Waals surface area contributed by atoms with Crippen molar-refractivity contribution in [2.75, 3.05) is 24.7 Å². The summed E-state index contributed by atoms with van der Waals surface area (Å²) in [6.45, 7) is 0.659. The molecule has 2 aromatic rings. The number of hydrogen-bond donors (Lipinski definition) is 1. The number of nitrogens with zero attached hydrogens (tertiary/aromatic N) is 1. The molecule has 3 rings (SSSR count). The van der Waals surface area contributed by atoms with E-state index in [1.165, 1.54) is 12.1 Å². The molecule has 1 N–H and O–H groups in total. The standard InChI is InChI=1S/C17H16BrFN2O2S/c1-23-15-7-2-11(10-14(15)18)16-21(8-9-24-16)17(22)20-13-5-3-12(19)4-6-13/h2-7,10,16H,8-9H2,1H3,(H,20,22). The molecule has 1 heterocycles. The van der Waals surface area contributed by atoms with Gasteiger partial charge in [-0.25, -0.2) is 9.18 Å². The molecule has 1 aliphatic rings. The van der Waals surface area contributed by atoms with Crippen molar-refractivity contribution in [3.8, 4) is 5.75 Å². The molecule has 0 aromatic heterocycles. The predicted molar refractivity (Wildman–Crippen MR) is 98.0 cm³/mol. The number of benzene rings is 2. The SMILES string of the molecule is COc1ccc(C2SCCN2C(=O)Nc2ccc(F)cc2)cc1Br. The zero-order valence-corrected chi connectivity index (χ0v) is 15.4. The van der Waals surface area contributed by atoms with Crippen molar-refractivity contribution in [1.82, 2.24) is 4.90 Å². The molecule has 0 radical (unpaired) electrons. The first-order valence-electron chi connectivity index (χ1n) is 7.36. The highest BCUT2D eigenvalue weighted by atomic mass is 79.9. The number of carbonyl (C=O) groups is 1. The van der Waals surface area contributed by atoms with E-state index in [0.717, 1.165) is 21.5 Å². The van der Waals surface area contributed by atoms with Gasteiger partial charge in [0, 0.05) is 18.0 Å². The summed E-state index contributed by atoms with van der Waals surface area (Å²) in [6.07, 6.45) is 0. The van der Waals surface area contributed by atoms with E-state index in [1.807, 2.05) is 18.2 Å². The van der Waals surface area contributed by atoms with Crippen molar-refractivity contribution in [2.45, 2.75) is 5.37 Å². The lowest BCUT2D eigenvalue weighted by atomic mass is 10.2. The Morgan fingerprint density at radius 1 is 1.33 bits per heavy atom. The maximum Gasteiger partial charge on any atom is 0.323 e. The molecule has 1 fully saturated rings. The van der Waals surface area contributed by atoms with Gasteiger partial charge < -0.3 is 15.0 Å². The molecule has 2 aromatic carbocycles. The second kappa shape index (κ2) is 7.44. The van der Waals surface area contributed by atoms with Gasteiger partial charge in [-0.3, -0.25) is 0 Å². The molecule has 1 saturated heterocycles. The number of amides is 2. The Hall–Kier alpha value is -1.73. The summed E-state index contributed by atoms with van der Waals surface area (Å²) < 4.78 is 19.1. The van der Waals surface area contributed by atoms with Gasteiger partial charge >= 0.3 is 6.03 Å². The number of halogens is 2. The molecule has 0 spiro atoms. The third-order valence-electron chi connectivity index (χ3n) is 3.71. The first kappa shape index (κ1) is 17.1. The summed E-state index contributed by atoms with van der Waals surface area (Å²) >= 11 is 5.19. The van der Waals surface area contributed by atoms with Crippen LogP contribution in [0.1, 0.15) is 10.9 Å². The minimum absolute atomic E-state index is 0.0624. The van der Waals surface area contributed by atoms with Crippen LogP contribution >= 0.6 is 27.7 Å². The summed E-state index contributed by atoms with van der Waals surface area (Å²) in [7, 11) is 1.62. The number of nitrogens with one attached hydrogen (secondary N) is 1. The second-order valence-electron chi connectivity index (χ2n) is 5.25. The Bertz CT molecular complexity index is 742. The van der Waals surface area contributed by atoms with Crippen LogP contribution in [-0.2, 0) is 0 Å². The topological polar surface area (TPSA) is 41.6 Å². The molecule has 0 saturated carbocycles. The number of methoxy groups -OCH3 is 1. The van der Waals surface area contributed by atoms with Crippen molar-refractivity contribution in [1.29, 1.82) is 0 Å². The quantitative estimate of drug-likeness (QED) is 0.783. The van der Waals surface area contributed by atoms with Crippen LogP contribution in [0.2, 0.25) is 0 Å². The third kappa shape index (κ3) is 3.67. The largest absolute Gasteiger partial charge is 0.496 e. The van der Waals surface area contributed by atoms with Crippen LogP contribution in [0.4, 0.5) is 14.9 Å². The van der Waals surface area contributed by atoms with Crippen molar-refractivity contribution >= 4 is 39.4 Å². The van der Waals surface area contributed by atoms with Crippen LogP contribution in [-0.4, -0.2) is 30.3 Å². The average Bonchev–Trinajstić information content (AvgIpc) is 3.06. The third-order valence-corrected chi connectivity index (χ3v) is 5.59. The fraction of sp³-hybridized carbons (Fsp3) is 0.235. The maximum atomic E-state index is 13.0. The van der Waals surface area contributed by atoms with Gasteiger partial charge in [0.15, 0.2) is 0 Å². The number of rotatable bonds is 3. The average molecular weight is 411 g/mol. The molecule has 1 aliphatic heterocycles. The normalized spacial score (nSPS) is 17.0. The van der Waals surface area contributed by atoms with Crippen LogP contribution in [0.3, 0.4) is 0 Å². The van der Waals surface area contributed by atoms with Gasteiger partial charge in [-0.1, -0.05) is 6.07 Å². The summed E-state index contributed by atoms with van der Waals surface area (Å²) in [6, 6.07) is 11.4. The maximum absolute atomic E-state index is 13.0. The van der Waals surface area contributed by atoms with Gasteiger partial charge in [-0.05, 0) is 57.9 Å². The van der Waals surface area contributed by atoms with Gasteiger partial charge in [-0.15, -0.1) is 11.8 Å². The second-order valence-corrected chi connectivity index (χ2v) is 7.29. The zero-order valence-electron chi connectivity index (χ0n) is 13.0. The highest BCUT2D eigenvalue weighted by molar-refractivity contribution is 9.10. The zero-order chi connectivity index (χ0) is 17.1. The summed E-state index contributed by atoms with van der Waals surface area (Å²) in [5.74, 6) is 1.29. The van der Waals surface area contributed by atoms with E-state index in [1.54, 1.807) is 35.9 Å². The molecule has 7 heteroatoms. The summed E-state index contributed by atoms with van der Waals surface area (Å²) in [4.78, 5) is 14.3. The summed E-state index contributed by atoms with van der Waals surface area (Å²) in [5.41, 5.74) is 1.60. The Morgan fingerprint density at radius 2 is 2.08 bits per heavy atom. The predicted octanol–water partition coefficient (Wildman–Crippen LogP) is 4.88. The van der Waals surface area contributed by atoms with Gasteiger partial charge in [-0.2, -0.15) is 0 Å². The Labute approximate surface area is 152 Å². The van der Waals surface area contributed by atoms with Crippen LogP contribution in [0.25, 0.3) is 0 Å². The van der Waals surface area contributed by atoms with Gasteiger partial charge in [0.1, 0.15) is 16.9 Å². The van der Waals surface area contributed by atoms with E-state index in [2.05, 4.69) is 21.2 Å². The first-order valence-corrected chi connectivity index (χ1v) is 9.21. The van der Waals surface area contributed by atoms with E-state index >= 15 is 0 Å². The molecular weight excluding hydrogens is 395 g/mol. The van der Waals surface area contributed by atoms with Crippen LogP contribution < -0.4 is 10.1 Å². The lowest BCUT2D eigenvalue weighted by molar-refractivity contribution is 0.214. The minimum Gasteiger partial charge on any atom is -0.496 e. The highest BCUT2D eigenvalue weighted by Gasteiger charge is 2.31. The monoisotopic (exact) mass is 410 g/mol. The van der Waals surface area contributed by atoms with Crippen LogP contribution in [0, 0.1) is 5.82 Å². The molecule has 1 atom stereocenters. The molecule has 0 bridgehead atoms. The summed E-state index contributed by atoms with van der Waals surface area (Å²) in [5, 5.41) is 2.76.